The maximum atomic E-state index is 11.6. The van der Waals surface area contributed by atoms with E-state index in [1.54, 1.807) is 13.2 Å². The minimum atomic E-state index is 0.169. The van der Waals surface area contributed by atoms with Crippen LogP contribution in [0.15, 0.2) is 47.7 Å². The first-order chi connectivity index (χ1) is 12.8. The SMILES string of the molecule is CN=C(NCCNC(=O)C1CC1)NCc1ccccc1Cn1cccn1. The number of nitrogens with one attached hydrogen (secondary N) is 3. The lowest BCUT2D eigenvalue weighted by Crippen LogP contribution is -2.41. The summed E-state index contributed by atoms with van der Waals surface area (Å²) >= 11 is 0. The van der Waals surface area contributed by atoms with Gasteiger partial charge >= 0.3 is 0 Å². The molecular weight excluding hydrogens is 328 g/mol. The summed E-state index contributed by atoms with van der Waals surface area (Å²) in [6.07, 6.45) is 5.80. The first-order valence-corrected chi connectivity index (χ1v) is 9.02. The fourth-order valence-corrected chi connectivity index (χ4v) is 2.71. The molecule has 26 heavy (non-hydrogen) atoms. The number of nitrogens with zero attached hydrogens (tertiary/aromatic N) is 3. The predicted molar refractivity (Wildman–Crippen MR) is 102 cm³/mol. The van der Waals surface area contributed by atoms with E-state index in [4.69, 9.17) is 0 Å². The number of carbonyl (C=O) groups is 1. The van der Waals surface area contributed by atoms with E-state index in [9.17, 15) is 4.79 Å². The summed E-state index contributed by atoms with van der Waals surface area (Å²) in [5.41, 5.74) is 2.42. The van der Waals surface area contributed by atoms with Crippen LogP contribution in [0.2, 0.25) is 0 Å². The minimum Gasteiger partial charge on any atom is -0.355 e. The van der Waals surface area contributed by atoms with E-state index in [1.165, 1.54) is 11.1 Å². The molecule has 0 aliphatic heterocycles. The maximum Gasteiger partial charge on any atom is 0.223 e. The molecule has 1 amide bonds. The normalized spacial score (nSPS) is 14.1. The van der Waals surface area contributed by atoms with Crippen molar-refractivity contribution >= 4 is 11.9 Å². The average molecular weight is 354 g/mol. The van der Waals surface area contributed by atoms with Crippen molar-refractivity contribution in [1.82, 2.24) is 25.7 Å². The summed E-state index contributed by atoms with van der Waals surface area (Å²) in [6, 6.07) is 10.2. The molecule has 0 radical (unpaired) electrons. The third kappa shape index (κ3) is 5.34. The zero-order valence-electron chi connectivity index (χ0n) is 15.1. The summed E-state index contributed by atoms with van der Waals surface area (Å²) in [6.45, 7) is 2.66. The van der Waals surface area contributed by atoms with Crippen molar-refractivity contribution in [3.63, 3.8) is 0 Å². The van der Waals surface area contributed by atoms with Gasteiger partial charge in [0.05, 0.1) is 6.54 Å². The smallest absolute Gasteiger partial charge is 0.223 e. The molecule has 1 fully saturated rings. The Hall–Kier alpha value is -2.83. The number of aromatic nitrogens is 2. The van der Waals surface area contributed by atoms with Gasteiger partial charge in [-0.25, -0.2) is 0 Å². The van der Waals surface area contributed by atoms with E-state index in [2.05, 4.69) is 38.2 Å². The molecule has 7 heteroatoms. The molecule has 0 spiro atoms. The summed E-state index contributed by atoms with van der Waals surface area (Å²) in [7, 11) is 1.74. The molecule has 0 atom stereocenters. The Morgan fingerprint density at radius 3 is 2.62 bits per heavy atom. The first-order valence-electron chi connectivity index (χ1n) is 9.02. The number of benzene rings is 1. The zero-order chi connectivity index (χ0) is 18.2. The van der Waals surface area contributed by atoms with E-state index in [-0.39, 0.29) is 11.8 Å². The summed E-state index contributed by atoms with van der Waals surface area (Å²) in [5, 5.41) is 13.8. The molecule has 0 saturated heterocycles. The van der Waals surface area contributed by atoms with Crippen LogP contribution in [0.3, 0.4) is 0 Å². The van der Waals surface area contributed by atoms with Gasteiger partial charge in [-0.3, -0.25) is 14.5 Å². The Morgan fingerprint density at radius 1 is 1.15 bits per heavy atom. The van der Waals surface area contributed by atoms with Crippen molar-refractivity contribution in [2.75, 3.05) is 20.1 Å². The van der Waals surface area contributed by atoms with Crippen LogP contribution >= 0.6 is 0 Å². The monoisotopic (exact) mass is 354 g/mol. The fraction of sp³-hybridized carbons (Fsp3) is 0.421. The molecule has 0 unspecified atom stereocenters. The van der Waals surface area contributed by atoms with Crippen LogP contribution < -0.4 is 16.0 Å². The molecule has 138 valence electrons. The number of carbonyl (C=O) groups excluding carboxylic acids is 1. The van der Waals surface area contributed by atoms with E-state index in [0.717, 1.165) is 25.3 Å². The van der Waals surface area contributed by atoms with Gasteiger partial charge in [-0.2, -0.15) is 5.10 Å². The summed E-state index contributed by atoms with van der Waals surface area (Å²) < 4.78 is 1.91. The second-order valence-electron chi connectivity index (χ2n) is 6.39. The van der Waals surface area contributed by atoms with Crippen molar-refractivity contribution in [3.8, 4) is 0 Å². The highest BCUT2D eigenvalue weighted by Crippen LogP contribution is 2.28. The minimum absolute atomic E-state index is 0.169. The van der Waals surface area contributed by atoms with Crippen molar-refractivity contribution in [2.45, 2.75) is 25.9 Å². The van der Waals surface area contributed by atoms with Crippen molar-refractivity contribution in [2.24, 2.45) is 10.9 Å². The third-order valence-corrected chi connectivity index (χ3v) is 4.34. The number of rotatable bonds is 8. The lowest BCUT2D eigenvalue weighted by Gasteiger charge is -2.14. The molecule has 1 saturated carbocycles. The molecule has 3 N–H and O–H groups in total. The highest BCUT2D eigenvalue weighted by Gasteiger charge is 2.28. The molecule has 3 rings (SSSR count). The van der Waals surface area contributed by atoms with Gasteiger partial charge in [0.2, 0.25) is 5.91 Å². The number of hydrogen-bond donors (Lipinski definition) is 3. The van der Waals surface area contributed by atoms with Gasteiger partial charge in [-0.15, -0.1) is 0 Å². The van der Waals surface area contributed by atoms with Crippen LogP contribution in [0.25, 0.3) is 0 Å². The zero-order valence-corrected chi connectivity index (χ0v) is 15.1. The number of guanidine groups is 1. The van der Waals surface area contributed by atoms with Crippen LogP contribution in [-0.2, 0) is 17.9 Å². The van der Waals surface area contributed by atoms with Gasteiger partial charge < -0.3 is 16.0 Å². The summed E-state index contributed by atoms with van der Waals surface area (Å²) in [4.78, 5) is 15.8. The lowest BCUT2D eigenvalue weighted by molar-refractivity contribution is -0.122. The van der Waals surface area contributed by atoms with Crippen LogP contribution in [-0.4, -0.2) is 41.8 Å². The first kappa shape index (κ1) is 18.0. The molecule has 2 aromatic rings. The standard InChI is InChI=1S/C19H26N6O/c1-20-19(22-11-10-21-18(26)15-7-8-15)23-13-16-5-2-3-6-17(16)14-25-12-4-9-24-25/h2-6,9,12,15H,7-8,10-11,13-14H2,1H3,(H,21,26)(H2,20,22,23). The van der Waals surface area contributed by atoms with Gasteiger partial charge in [0, 0.05) is 45.0 Å². The van der Waals surface area contributed by atoms with Crippen LogP contribution in [0.5, 0.6) is 0 Å². The highest BCUT2D eigenvalue weighted by atomic mass is 16.2. The Labute approximate surface area is 153 Å². The molecule has 7 nitrogen and oxygen atoms in total. The van der Waals surface area contributed by atoms with Crippen molar-refractivity contribution in [1.29, 1.82) is 0 Å². The average Bonchev–Trinajstić information content (AvgIpc) is 3.40. The topological polar surface area (TPSA) is 83.3 Å². The van der Waals surface area contributed by atoms with E-state index >= 15 is 0 Å². The number of hydrogen-bond acceptors (Lipinski definition) is 3. The number of amides is 1. The molecule has 1 aromatic heterocycles. The Kier molecular flexibility index (Phi) is 6.24. The quantitative estimate of drug-likeness (QED) is 0.377. The van der Waals surface area contributed by atoms with Crippen LogP contribution in [0.4, 0.5) is 0 Å². The molecule has 1 aliphatic rings. The van der Waals surface area contributed by atoms with Crippen molar-refractivity contribution in [3.05, 3.63) is 53.9 Å². The molecule has 1 aromatic carbocycles. The van der Waals surface area contributed by atoms with Gasteiger partial charge in [-0.1, -0.05) is 24.3 Å². The Morgan fingerprint density at radius 2 is 1.92 bits per heavy atom. The molecule has 1 aliphatic carbocycles. The van der Waals surface area contributed by atoms with Gasteiger partial charge in [0.1, 0.15) is 0 Å². The molecule has 0 bridgehead atoms. The van der Waals surface area contributed by atoms with Gasteiger partial charge in [0.25, 0.3) is 0 Å². The van der Waals surface area contributed by atoms with E-state index < -0.39 is 0 Å². The van der Waals surface area contributed by atoms with Gasteiger partial charge in [0.15, 0.2) is 5.96 Å². The van der Waals surface area contributed by atoms with Gasteiger partial charge in [-0.05, 0) is 30.0 Å². The largest absolute Gasteiger partial charge is 0.355 e. The summed E-state index contributed by atoms with van der Waals surface area (Å²) in [5.74, 6) is 1.14. The van der Waals surface area contributed by atoms with Crippen LogP contribution in [0.1, 0.15) is 24.0 Å². The Bertz CT molecular complexity index is 736. The van der Waals surface area contributed by atoms with Crippen molar-refractivity contribution < 1.29 is 4.79 Å². The third-order valence-electron chi connectivity index (χ3n) is 4.34. The second-order valence-corrected chi connectivity index (χ2v) is 6.39. The van der Waals surface area contributed by atoms with E-state index in [0.29, 0.717) is 19.6 Å². The highest BCUT2D eigenvalue weighted by molar-refractivity contribution is 5.81. The Balaban J connectivity index is 1.45. The second kappa shape index (κ2) is 9.03. The number of aliphatic imine (C=N–C) groups is 1. The molecule has 1 heterocycles. The fourth-order valence-electron chi connectivity index (χ4n) is 2.71. The molecular formula is C19H26N6O. The van der Waals surface area contributed by atoms with E-state index in [1.807, 2.05) is 29.1 Å². The predicted octanol–water partition coefficient (Wildman–Crippen LogP) is 1.12. The van der Waals surface area contributed by atoms with Crippen LogP contribution in [0, 0.1) is 5.92 Å². The maximum absolute atomic E-state index is 11.6. The lowest BCUT2D eigenvalue weighted by atomic mass is 10.1.